The highest BCUT2D eigenvalue weighted by atomic mass is 16.5. The molecule has 0 fully saturated rings. The third kappa shape index (κ3) is 3.43. The summed E-state index contributed by atoms with van der Waals surface area (Å²) in [5.41, 5.74) is 6.49. The lowest BCUT2D eigenvalue weighted by molar-refractivity contribution is 0.391. The smallest absolute Gasteiger partial charge is 0.138 e. The number of nitrogens with zero attached hydrogens (tertiary/aromatic N) is 3. The van der Waals surface area contributed by atoms with Crippen LogP contribution in [0.25, 0.3) is 0 Å². The molecule has 2 heterocycles. The van der Waals surface area contributed by atoms with Crippen LogP contribution in [0.1, 0.15) is 38.0 Å². The molecule has 102 valence electrons. The zero-order chi connectivity index (χ0) is 14.0. The van der Waals surface area contributed by atoms with Crippen molar-refractivity contribution in [2.45, 2.75) is 39.7 Å². The second kappa shape index (κ2) is 4.87. The average molecular weight is 261 g/mol. The Balaban J connectivity index is 2.14. The first-order valence-electron chi connectivity index (χ1n) is 6.16. The van der Waals surface area contributed by atoms with Gasteiger partial charge < -0.3 is 15.6 Å². The zero-order valence-electron chi connectivity index (χ0n) is 11.7. The minimum absolute atomic E-state index is 0.143. The van der Waals surface area contributed by atoms with E-state index in [0.717, 1.165) is 11.5 Å². The number of aromatic nitrogens is 3. The van der Waals surface area contributed by atoms with Crippen LogP contribution in [-0.2, 0) is 12.0 Å². The van der Waals surface area contributed by atoms with Gasteiger partial charge in [-0.1, -0.05) is 25.9 Å². The van der Waals surface area contributed by atoms with Crippen molar-refractivity contribution >= 4 is 11.6 Å². The van der Waals surface area contributed by atoms with E-state index in [2.05, 4.69) is 20.4 Å². The van der Waals surface area contributed by atoms with Gasteiger partial charge in [0, 0.05) is 17.5 Å². The molecule has 0 bridgehead atoms. The number of anilines is 2. The Hall–Kier alpha value is -2.11. The minimum atomic E-state index is -0.143. The van der Waals surface area contributed by atoms with Gasteiger partial charge in [-0.2, -0.15) is 0 Å². The molecule has 0 aliphatic carbocycles. The number of nitrogens with two attached hydrogens (primary N) is 1. The molecular weight excluding hydrogens is 242 g/mol. The summed E-state index contributed by atoms with van der Waals surface area (Å²) in [6.07, 6.45) is 0. The minimum Gasteiger partial charge on any atom is -0.384 e. The Labute approximate surface area is 112 Å². The molecule has 0 aliphatic heterocycles. The van der Waals surface area contributed by atoms with Crippen molar-refractivity contribution < 1.29 is 4.52 Å². The van der Waals surface area contributed by atoms with Crippen molar-refractivity contribution in [2.24, 2.45) is 0 Å². The zero-order valence-corrected chi connectivity index (χ0v) is 11.7. The van der Waals surface area contributed by atoms with E-state index in [0.29, 0.717) is 24.0 Å². The quantitative estimate of drug-likeness (QED) is 0.880. The van der Waals surface area contributed by atoms with Crippen LogP contribution < -0.4 is 11.1 Å². The molecule has 0 unspecified atom stereocenters. The molecule has 0 aromatic carbocycles. The molecule has 0 aliphatic rings. The Kier molecular flexibility index (Phi) is 3.42. The molecule has 3 N–H and O–H groups in total. The Morgan fingerprint density at radius 3 is 2.58 bits per heavy atom. The van der Waals surface area contributed by atoms with Gasteiger partial charge >= 0.3 is 0 Å². The van der Waals surface area contributed by atoms with Crippen LogP contribution in [-0.4, -0.2) is 15.1 Å². The van der Waals surface area contributed by atoms with Gasteiger partial charge in [-0.3, -0.25) is 0 Å². The van der Waals surface area contributed by atoms with E-state index >= 15 is 0 Å². The molecule has 0 radical (unpaired) electrons. The fourth-order valence-electron chi connectivity index (χ4n) is 1.57. The van der Waals surface area contributed by atoms with Gasteiger partial charge in [0.25, 0.3) is 0 Å². The van der Waals surface area contributed by atoms with E-state index < -0.39 is 0 Å². The van der Waals surface area contributed by atoms with Crippen molar-refractivity contribution in [3.8, 4) is 0 Å². The Morgan fingerprint density at radius 2 is 2.00 bits per heavy atom. The highest BCUT2D eigenvalue weighted by molar-refractivity contribution is 5.45. The third-order valence-corrected chi connectivity index (χ3v) is 2.54. The lowest BCUT2D eigenvalue weighted by atomic mass is 9.96. The van der Waals surface area contributed by atoms with Crippen molar-refractivity contribution in [3.63, 3.8) is 0 Å². The number of nitrogen functional groups attached to an aromatic ring is 1. The monoisotopic (exact) mass is 261 g/mol. The standard InChI is InChI=1S/C13H19N5O/c1-8-5-9(18-19-8)7-15-11-6-10(14)16-12(17-11)13(2,3)4/h5-6H,7H2,1-4H3,(H3,14,15,16,17). The first-order chi connectivity index (χ1) is 8.84. The summed E-state index contributed by atoms with van der Waals surface area (Å²) < 4.78 is 5.01. The van der Waals surface area contributed by atoms with Gasteiger partial charge in [-0.15, -0.1) is 0 Å². The largest absolute Gasteiger partial charge is 0.384 e. The number of nitrogens with one attached hydrogen (secondary N) is 1. The Morgan fingerprint density at radius 1 is 1.26 bits per heavy atom. The fourth-order valence-corrected chi connectivity index (χ4v) is 1.57. The van der Waals surface area contributed by atoms with Gasteiger partial charge in [0.15, 0.2) is 0 Å². The summed E-state index contributed by atoms with van der Waals surface area (Å²) in [5, 5.41) is 7.09. The summed E-state index contributed by atoms with van der Waals surface area (Å²) in [6, 6.07) is 3.59. The van der Waals surface area contributed by atoms with Crippen molar-refractivity contribution in [3.05, 3.63) is 29.4 Å². The van der Waals surface area contributed by atoms with Gasteiger partial charge in [-0.05, 0) is 6.92 Å². The van der Waals surface area contributed by atoms with E-state index in [1.54, 1.807) is 6.07 Å². The summed E-state index contributed by atoms with van der Waals surface area (Å²) >= 11 is 0. The van der Waals surface area contributed by atoms with E-state index in [9.17, 15) is 0 Å². The van der Waals surface area contributed by atoms with E-state index in [-0.39, 0.29) is 5.41 Å². The van der Waals surface area contributed by atoms with Gasteiger partial charge in [0.05, 0.1) is 6.54 Å². The average Bonchev–Trinajstić information content (AvgIpc) is 2.71. The molecular formula is C13H19N5O. The predicted molar refractivity (Wildman–Crippen MR) is 73.7 cm³/mol. The molecule has 6 heteroatoms. The van der Waals surface area contributed by atoms with Crippen molar-refractivity contribution in [1.82, 2.24) is 15.1 Å². The van der Waals surface area contributed by atoms with Crippen LogP contribution in [0, 0.1) is 6.92 Å². The number of aryl methyl sites for hydroxylation is 1. The normalized spacial score (nSPS) is 11.6. The first-order valence-corrected chi connectivity index (χ1v) is 6.16. The van der Waals surface area contributed by atoms with Crippen LogP contribution in [0.15, 0.2) is 16.7 Å². The molecule has 0 amide bonds. The second-order valence-electron chi connectivity index (χ2n) is 5.53. The maximum atomic E-state index is 5.80. The topological polar surface area (TPSA) is 89.9 Å². The lowest BCUT2D eigenvalue weighted by Crippen LogP contribution is -2.18. The van der Waals surface area contributed by atoms with E-state index in [1.807, 2.05) is 33.8 Å². The van der Waals surface area contributed by atoms with Crippen LogP contribution in [0.5, 0.6) is 0 Å². The molecule has 0 atom stereocenters. The maximum absolute atomic E-state index is 5.80. The number of rotatable bonds is 3. The second-order valence-corrected chi connectivity index (χ2v) is 5.53. The highest BCUT2D eigenvalue weighted by Crippen LogP contribution is 2.21. The predicted octanol–water partition coefficient (Wildman–Crippen LogP) is 2.26. The van der Waals surface area contributed by atoms with Gasteiger partial charge in [0.2, 0.25) is 0 Å². The molecule has 2 aromatic heterocycles. The van der Waals surface area contributed by atoms with Crippen LogP contribution in [0.4, 0.5) is 11.6 Å². The summed E-state index contributed by atoms with van der Waals surface area (Å²) in [4.78, 5) is 8.72. The van der Waals surface area contributed by atoms with Crippen molar-refractivity contribution in [2.75, 3.05) is 11.1 Å². The molecule has 0 saturated heterocycles. The first kappa shape index (κ1) is 13.3. The molecule has 2 rings (SSSR count). The third-order valence-electron chi connectivity index (χ3n) is 2.54. The van der Waals surface area contributed by atoms with Crippen LogP contribution in [0.2, 0.25) is 0 Å². The van der Waals surface area contributed by atoms with Crippen molar-refractivity contribution in [1.29, 1.82) is 0 Å². The number of hydrogen-bond donors (Lipinski definition) is 2. The Bertz CT molecular complexity index is 571. The SMILES string of the molecule is Cc1cc(CNc2cc(N)nc(C(C)(C)C)n2)no1. The van der Waals surface area contributed by atoms with Crippen LogP contribution >= 0.6 is 0 Å². The summed E-state index contributed by atoms with van der Waals surface area (Å²) in [6.45, 7) is 8.54. The van der Waals surface area contributed by atoms with E-state index in [1.165, 1.54) is 0 Å². The molecule has 19 heavy (non-hydrogen) atoms. The summed E-state index contributed by atoms with van der Waals surface area (Å²) in [5.74, 6) is 2.65. The van der Waals surface area contributed by atoms with Gasteiger partial charge in [-0.25, -0.2) is 9.97 Å². The molecule has 0 spiro atoms. The highest BCUT2D eigenvalue weighted by Gasteiger charge is 2.18. The fraction of sp³-hybridized carbons (Fsp3) is 0.462. The maximum Gasteiger partial charge on any atom is 0.138 e. The molecule has 2 aromatic rings. The van der Waals surface area contributed by atoms with E-state index in [4.69, 9.17) is 10.3 Å². The van der Waals surface area contributed by atoms with Gasteiger partial charge in [0.1, 0.15) is 28.9 Å². The number of hydrogen-bond acceptors (Lipinski definition) is 6. The molecule has 6 nitrogen and oxygen atoms in total. The van der Waals surface area contributed by atoms with Crippen LogP contribution in [0.3, 0.4) is 0 Å². The summed E-state index contributed by atoms with van der Waals surface area (Å²) in [7, 11) is 0. The lowest BCUT2D eigenvalue weighted by Gasteiger charge is -2.17. The molecule has 0 saturated carbocycles.